The van der Waals surface area contributed by atoms with Gasteiger partial charge in [-0.3, -0.25) is 10.1 Å². The minimum atomic E-state index is -1.17. The Hall–Kier alpha value is -1.85. The van der Waals surface area contributed by atoms with Gasteiger partial charge in [0.05, 0.1) is 0 Å². The number of rotatable bonds is 3. The lowest BCUT2D eigenvalue weighted by atomic mass is 9.82. The quantitative estimate of drug-likeness (QED) is 0.655. The Morgan fingerprint density at radius 2 is 1.67 bits per heavy atom. The second kappa shape index (κ2) is 5.66. The van der Waals surface area contributed by atoms with E-state index in [1.54, 1.807) is 0 Å². The van der Waals surface area contributed by atoms with Crippen molar-refractivity contribution >= 4 is 17.9 Å². The molecule has 3 amide bonds. The van der Waals surface area contributed by atoms with Crippen LogP contribution in [0.25, 0.3) is 0 Å². The normalized spacial score (nSPS) is 23.5. The molecule has 0 spiro atoms. The largest absolute Gasteiger partial charge is 0.478 e. The standard InChI is InChI=1S/C12H18N2O4/c1-6-4-9(5-6)13-12(18)14-10(15)7(2)8(3)11(16)17/h6,9H,4-5H2,1-3H3,(H,16,17)(H2,13,14,15,18). The van der Waals surface area contributed by atoms with Crippen molar-refractivity contribution in [3.05, 3.63) is 11.1 Å². The van der Waals surface area contributed by atoms with E-state index in [0.717, 1.165) is 12.8 Å². The monoisotopic (exact) mass is 254 g/mol. The lowest BCUT2D eigenvalue weighted by molar-refractivity contribution is -0.133. The highest BCUT2D eigenvalue weighted by molar-refractivity contribution is 6.07. The molecular formula is C12H18N2O4. The van der Waals surface area contributed by atoms with E-state index < -0.39 is 17.9 Å². The van der Waals surface area contributed by atoms with Crippen molar-refractivity contribution in [1.82, 2.24) is 10.6 Å². The molecule has 0 saturated heterocycles. The molecule has 6 nitrogen and oxygen atoms in total. The number of carbonyl (C=O) groups excluding carboxylic acids is 2. The van der Waals surface area contributed by atoms with Gasteiger partial charge in [0, 0.05) is 17.2 Å². The molecule has 3 N–H and O–H groups in total. The number of carboxylic acid groups (broad SMARTS) is 1. The fourth-order valence-electron chi connectivity index (χ4n) is 1.77. The molecule has 0 aromatic heterocycles. The lowest BCUT2D eigenvalue weighted by Gasteiger charge is -2.33. The average molecular weight is 254 g/mol. The summed E-state index contributed by atoms with van der Waals surface area (Å²) in [6, 6.07) is -0.466. The fourth-order valence-corrected chi connectivity index (χ4v) is 1.77. The smallest absolute Gasteiger partial charge is 0.331 e. The average Bonchev–Trinajstić information content (AvgIpc) is 2.24. The Labute approximate surface area is 105 Å². The Morgan fingerprint density at radius 3 is 2.11 bits per heavy atom. The predicted molar refractivity (Wildman–Crippen MR) is 64.9 cm³/mol. The predicted octanol–water partition coefficient (Wildman–Crippen LogP) is 1.03. The van der Waals surface area contributed by atoms with Gasteiger partial charge >= 0.3 is 12.0 Å². The summed E-state index contributed by atoms with van der Waals surface area (Å²) in [6.07, 6.45) is 1.81. The van der Waals surface area contributed by atoms with Gasteiger partial charge in [-0.1, -0.05) is 6.92 Å². The van der Waals surface area contributed by atoms with Crippen LogP contribution in [0.3, 0.4) is 0 Å². The molecule has 0 heterocycles. The summed E-state index contributed by atoms with van der Waals surface area (Å²) in [5.41, 5.74) is -0.0443. The maximum absolute atomic E-state index is 11.6. The summed E-state index contributed by atoms with van der Waals surface area (Å²) in [6.45, 7) is 4.78. The first-order valence-electron chi connectivity index (χ1n) is 5.83. The van der Waals surface area contributed by atoms with Gasteiger partial charge in [0.1, 0.15) is 0 Å². The van der Waals surface area contributed by atoms with Gasteiger partial charge in [-0.2, -0.15) is 0 Å². The van der Waals surface area contributed by atoms with Crippen molar-refractivity contribution < 1.29 is 19.5 Å². The number of urea groups is 1. The van der Waals surface area contributed by atoms with E-state index in [-0.39, 0.29) is 17.2 Å². The highest BCUT2D eigenvalue weighted by Crippen LogP contribution is 2.25. The van der Waals surface area contributed by atoms with Crippen LogP contribution in [-0.4, -0.2) is 29.1 Å². The van der Waals surface area contributed by atoms with Crippen LogP contribution in [0.15, 0.2) is 11.1 Å². The molecule has 0 radical (unpaired) electrons. The third-order valence-corrected chi connectivity index (χ3v) is 3.16. The summed E-state index contributed by atoms with van der Waals surface area (Å²) in [4.78, 5) is 33.7. The molecule has 1 rings (SSSR count). The summed E-state index contributed by atoms with van der Waals surface area (Å²) < 4.78 is 0. The highest BCUT2D eigenvalue weighted by atomic mass is 16.4. The number of imide groups is 1. The van der Waals surface area contributed by atoms with Gasteiger partial charge in [0.2, 0.25) is 0 Å². The van der Waals surface area contributed by atoms with Crippen molar-refractivity contribution in [3.63, 3.8) is 0 Å². The first kappa shape index (κ1) is 14.2. The topological polar surface area (TPSA) is 95.5 Å². The second-order valence-electron chi connectivity index (χ2n) is 4.76. The molecule has 0 atom stereocenters. The molecular weight excluding hydrogens is 236 g/mol. The summed E-state index contributed by atoms with van der Waals surface area (Å²) in [7, 11) is 0. The Kier molecular flexibility index (Phi) is 4.47. The van der Waals surface area contributed by atoms with Crippen LogP contribution in [-0.2, 0) is 9.59 Å². The van der Waals surface area contributed by atoms with E-state index in [2.05, 4.69) is 17.6 Å². The van der Waals surface area contributed by atoms with Crippen LogP contribution in [0.5, 0.6) is 0 Å². The zero-order valence-corrected chi connectivity index (χ0v) is 10.7. The summed E-state index contributed by atoms with van der Waals surface area (Å²) >= 11 is 0. The summed E-state index contributed by atoms with van der Waals surface area (Å²) in [5.74, 6) is -1.25. The Bertz CT molecular complexity index is 408. The number of nitrogens with one attached hydrogen (secondary N) is 2. The van der Waals surface area contributed by atoms with Crippen LogP contribution >= 0.6 is 0 Å². The van der Waals surface area contributed by atoms with Crippen LogP contribution in [0.1, 0.15) is 33.6 Å². The van der Waals surface area contributed by atoms with E-state index in [1.165, 1.54) is 13.8 Å². The molecule has 6 heteroatoms. The Balaban J connectivity index is 2.47. The van der Waals surface area contributed by atoms with Gasteiger partial charge in [0.25, 0.3) is 5.91 Å². The molecule has 0 aliphatic heterocycles. The first-order valence-corrected chi connectivity index (χ1v) is 5.83. The molecule has 1 saturated carbocycles. The van der Waals surface area contributed by atoms with Crippen molar-refractivity contribution in [1.29, 1.82) is 0 Å². The molecule has 1 fully saturated rings. The maximum atomic E-state index is 11.6. The van der Waals surface area contributed by atoms with Gasteiger partial charge in [-0.05, 0) is 32.6 Å². The van der Waals surface area contributed by atoms with Crippen LogP contribution in [0.2, 0.25) is 0 Å². The molecule has 100 valence electrons. The maximum Gasteiger partial charge on any atom is 0.331 e. The number of amides is 3. The van der Waals surface area contributed by atoms with Crippen molar-refractivity contribution in [2.75, 3.05) is 0 Å². The first-order chi connectivity index (χ1) is 8.31. The second-order valence-corrected chi connectivity index (χ2v) is 4.76. The van der Waals surface area contributed by atoms with Crippen LogP contribution < -0.4 is 10.6 Å². The van der Waals surface area contributed by atoms with Crippen molar-refractivity contribution in [2.24, 2.45) is 5.92 Å². The van der Waals surface area contributed by atoms with E-state index in [1.807, 2.05) is 0 Å². The zero-order valence-electron chi connectivity index (χ0n) is 10.7. The van der Waals surface area contributed by atoms with Gasteiger partial charge in [-0.25, -0.2) is 9.59 Å². The lowest BCUT2D eigenvalue weighted by Crippen LogP contribution is -2.49. The number of aliphatic carboxylic acids is 1. The van der Waals surface area contributed by atoms with Crippen molar-refractivity contribution in [2.45, 2.75) is 39.7 Å². The minimum Gasteiger partial charge on any atom is -0.478 e. The van der Waals surface area contributed by atoms with Gasteiger partial charge in [-0.15, -0.1) is 0 Å². The van der Waals surface area contributed by atoms with Gasteiger partial charge in [0.15, 0.2) is 0 Å². The third kappa shape index (κ3) is 3.58. The van der Waals surface area contributed by atoms with Crippen LogP contribution in [0.4, 0.5) is 4.79 Å². The number of carbonyl (C=O) groups is 3. The fraction of sp³-hybridized carbons (Fsp3) is 0.583. The molecule has 1 aliphatic rings. The van der Waals surface area contributed by atoms with E-state index in [0.29, 0.717) is 5.92 Å². The minimum absolute atomic E-state index is 0.0274. The van der Waals surface area contributed by atoms with E-state index >= 15 is 0 Å². The highest BCUT2D eigenvalue weighted by Gasteiger charge is 2.27. The molecule has 0 unspecified atom stereocenters. The number of hydrogen-bond donors (Lipinski definition) is 3. The summed E-state index contributed by atoms with van der Waals surface area (Å²) in [5, 5.41) is 13.5. The molecule has 0 bridgehead atoms. The van der Waals surface area contributed by atoms with Crippen molar-refractivity contribution in [3.8, 4) is 0 Å². The third-order valence-electron chi connectivity index (χ3n) is 3.16. The number of carboxylic acids is 1. The Morgan fingerprint density at radius 1 is 1.11 bits per heavy atom. The van der Waals surface area contributed by atoms with E-state index in [4.69, 9.17) is 5.11 Å². The van der Waals surface area contributed by atoms with E-state index in [9.17, 15) is 14.4 Å². The zero-order chi connectivity index (χ0) is 13.9. The molecule has 0 aromatic carbocycles. The molecule has 0 aromatic rings. The number of hydrogen-bond acceptors (Lipinski definition) is 3. The SMILES string of the molecule is CC(C(=O)O)=C(C)C(=O)NC(=O)NC1CC(C)C1. The molecule has 18 heavy (non-hydrogen) atoms. The molecule has 1 aliphatic carbocycles. The van der Waals surface area contributed by atoms with Gasteiger partial charge < -0.3 is 10.4 Å². The van der Waals surface area contributed by atoms with Crippen LogP contribution in [0, 0.1) is 5.92 Å².